The molecule has 12 heteroatoms. The molecule has 0 heterocycles. The summed E-state index contributed by atoms with van der Waals surface area (Å²) in [7, 11) is 1.55. The van der Waals surface area contributed by atoms with E-state index in [-0.39, 0.29) is 33.0 Å². The van der Waals surface area contributed by atoms with E-state index in [0.717, 1.165) is 0 Å². The number of rotatable bonds is 10. The lowest BCUT2D eigenvalue weighted by molar-refractivity contribution is -0.136. The molecule has 1 amide bonds. The molecule has 0 bridgehead atoms. The monoisotopic (exact) mass is 457 g/mol. The van der Waals surface area contributed by atoms with Crippen molar-refractivity contribution in [3.05, 3.63) is 29.1 Å². The second-order valence-corrected chi connectivity index (χ2v) is 7.25. The van der Waals surface area contributed by atoms with Gasteiger partial charge in [0.15, 0.2) is 0 Å². The lowest BCUT2D eigenvalue weighted by atomic mass is 10.2. The summed E-state index contributed by atoms with van der Waals surface area (Å²) in [4.78, 5) is 24.6. The Labute approximate surface area is 176 Å². The normalized spacial score (nSPS) is 11.4. The largest absolute Gasteiger partial charge is 0.444 e. The number of carbonyl (C=O) groups is 2. The van der Waals surface area contributed by atoms with Crippen LogP contribution in [0.2, 0.25) is 0 Å². The van der Waals surface area contributed by atoms with Crippen molar-refractivity contribution in [2.75, 3.05) is 40.0 Å². The van der Waals surface area contributed by atoms with Gasteiger partial charge in [-0.15, -0.1) is 0 Å². The summed E-state index contributed by atoms with van der Waals surface area (Å²) in [5.74, 6) is -14.2. The van der Waals surface area contributed by atoms with Gasteiger partial charge in [-0.25, -0.2) is 18.0 Å². The van der Waals surface area contributed by atoms with Crippen LogP contribution in [-0.2, 0) is 19.0 Å². The quantitative estimate of drug-likeness (QED) is 0.134. The van der Waals surface area contributed by atoms with Gasteiger partial charge in [0, 0.05) is 13.6 Å². The number of benzene rings is 1. The number of halogens is 5. The third kappa shape index (κ3) is 8.66. The van der Waals surface area contributed by atoms with Crippen molar-refractivity contribution in [3.63, 3.8) is 0 Å². The topological polar surface area (TPSA) is 74.3 Å². The van der Waals surface area contributed by atoms with Crippen LogP contribution in [-0.4, -0.2) is 62.6 Å². The molecule has 0 unspecified atom stereocenters. The Kier molecular flexibility index (Phi) is 10.1. The first-order valence-corrected chi connectivity index (χ1v) is 9.16. The van der Waals surface area contributed by atoms with Crippen LogP contribution < -0.4 is 4.74 Å². The first-order chi connectivity index (χ1) is 14.3. The average Bonchev–Trinajstić information content (AvgIpc) is 2.68. The summed E-state index contributed by atoms with van der Waals surface area (Å²) in [6.45, 7) is 5.61. The smallest absolute Gasteiger partial charge is 0.410 e. The van der Waals surface area contributed by atoms with Crippen molar-refractivity contribution in [2.24, 2.45) is 0 Å². The van der Waals surface area contributed by atoms with E-state index in [2.05, 4.69) is 4.74 Å². The Morgan fingerprint density at radius 1 is 0.806 bits per heavy atom. The van der Waals surface area contributed by atoms with Crippen LogP contribution in [0.5, 0.6) is 5.75 Å². The molecule has 7 nitrogen and oxygen atoms in total. The molecule has 176 valence electrons. The summed E-state index contributed by atoms with van der Waals surface area (Å²) in [5.41, 5.74) is -0.613. The molecule has 0 aliphatic heterocycles. The molecular weight excluding hydrogens is 433 g/mol. The van der Waals surface area contributed by atoms with Crippen LogP contribution in [0.25, 0.3) is 0 Å². The fourth-order valence-corrected chi connectivity index (χ4v) is 1.95. The Hall–Kier alpha value is -2.47. The predicted octanol–water partition coefficient (Wildman–Crippen LogP) is 3.58. The zero-order chi connectivity index (χ0) is 23.8. The van der Waals surface area contributed by atoms with Crippen LogP contribution in [0.3, 0.4) is 0 Å². The molecule has 1 rings (SSSR count). The molecule has 0 aliphatic rings. The second-order valence-electron chi connectivity index (χ2n) is 7.25. The van der Waals surface area contributed by atoms with Crippen molar-refractivity contribution in [1.82, 2.24) is 4.90 Å². The number of esters is 1. The van der Waals surface area contributed by atoms with Crippen molar-refractivity contribution >= 4 is 12.1 Å². The lowest BCUT2D eigenvalue weighted by Gasteiger charge is -2.24. The molecule has 1 aromatic carbocycles. The second kappa shape index (κ2) is 11.8. The third-order valence-corrected chi connectivity index (χ3v) is 3.48. The highest BCUT2D eigenvalue weighted by Crippen LogP contribution is 2.29. The number of hydrogen-bond acceptors (Lipinski definition) is 6. The van der Waals surface area contributed by atoms with E-state index in [1.807, 2.05) is 0 Å². The first-order valence-electron chi connectivity index (χ1n) is 9.16. The summed E-state index contributed by atoms with van der Waals surface area (Å²) >= 11 is 0. The van der Waals surface area contributed by atoms with Gasteiger partial charge >= 0.3 is 12.1 Å². The molecule has 0 aromatic heterocycles. The molecule has 0 saturated carbocycles. The van der Waals surface area contributed by atoms with E-state index in [4.69, 9.17) is 14.2 Å². The van der Waals surface area contributed by atoms with Gasteiger partial charge in [-0.05, 0) is 20.8 Å². The van der Waals surface area contributed by atoms with Gasteiger partial charge in [-0.3, -0.25) is 4.79 Å². The molecule has 0 fully saturated rings. The summed E-state index contributed by atoms with van der Waals surface area (Å²) in [6.07, 6.45) is -0.999. The molecule has 0 atom stereocenters. The van der Waals surface area contributed by atoms with E-state index in [1.165, 1.54) is 4.90 Å². The zero-order valence-electron chi connectivity index (χ0n) is 17.5. The van der Waals surface area contributed by atoms with E-state index in [1.54, 1.807) is 27.8 Å². The highest BCUT2D eigenvalue weighted by atomic mass is 19.2. The van der Waals surface area contributed by atoms with Gasteiger partial charge in [-0.2, -0.15) is 8.78 Å². The van der Waals surface area contributed by atoms with Crippen LogP contribution in [0.1, 0.15) is 27.2 Å². The fourth-order valence-electron chi connectivity index (χ4n) is 1.95. The van der Waals surface area contributed by atoms with Crippen LogP contribution >= 0.6 is 0 Å². The Bertz CT molecular complexity index is 755. The molecule has 1 aromatic rings. The minimum absolute atomic E-state index is 0.0476. The van der Waals surface area contributed by atoms with E-state index < -0.39 is 58.9 Å². The van der Waals surface area contributed by atoms with Crippen LogP contribution in [0.4, 0.5) is 26.7 Å². The van der Waals surface area contributed by atoms with Crippen LogP contribution in [0, 0.1) is 29.1 Å². The molecule has 0 saturated heterocycles. The van der Waals surface area contributed by atoms with Gasteiger partial charge in [-0.1, -0.05) is 0 Å². The van der Waals surface area contributed by atoms with Gasteiger partial charge in [0.1, 0.15) is 5.60 Å². The van der Waals surface area contributed by atoms with Gasteiger partial charge in [0.2, 0.25) is 34.8 Å². The van der Waals surface area contributed by atoms with Gasteiger partial charge in [0.25, 0.3) is 0 Å². The van der Waals surface area contributed by atoms with Crippen molar-refractivity contribution < 1.29 is 50.5 Å². The Morgan fingerprint density at radius 2 is 1.29 bits per heavy atom. The number of hydrogen-bond donors (Lipinski definition) is 0. The van der Waals surface area contributed by atoms with E-state index in [9.17, 15) is 31.5 Å². The summed E-state index contributed by atoms with van der Waals surface area (Å²) in [6, 6.07) is 0. The highest BCUT2D eigenvalue weighted by molar-refractivity contribution is 5.72. The number of amides is 1. The Morgan fingerprint density at radius 3 is 1.81 bits per heavy atom. The number of likely N-dealkylation sites (N-methyl/N-ethyl adjacent to an activating group) is 1. The zero-order valence-corrected chi connectivity index (χ0v) is 17.5. The average molecular weight is 457 g/mol. The minimum atomic E-state index is -2.35. The molecule has 31 heavy (non-hydrogen) atoms. The standard InChI is InChI=1S/C19H24F5NO6/c1-19(2,3)31-18(27)25(4)6-8-29-10-9-28-7-5-11(26)30-17-15(23)13(21)12(20)14(22)16(17)24/h5-10H2,1-4H3. The molecule has 0 N–H and O–H groups in total. The fraction of sp³-hybridized carbons (Fsp3) is 0.579. The van der Waals surface area contributed by atoms with Crippen molar-refractivity contribution in [1.29, 1.82) is 0 Å². The lowest BCUT2D eigenvalue weighted by Crippen LogP contribution is -2.36. The van der Waals surface area contributed by atoms with Crippen molar-refractivity contribution in [2.45, 2.75) is 32.8 Å². The van der Waals surface area contributed by atoms with E-state index in [0.29, 0.717) is 0 Å². The molecule has 0 aliphatic carbocycles. The van der Waals surface area contributed by atoms with Crippen LogP contribution in [0.15, 0.2) is 0 Å². The predicted molar refractivity (Wildman–Crippen MR) is 97.0 cm³/mol. The maximum Gasteiger partial charge on any atom is 0.410 e. The summed E-state index contributed by atoms with van der Waals surface area (Å²) < 4.78 is 85.6. The highest BCUT2D eigenvalue weighted by Gasteiger charge is 2.28. The number of carbonyl (C=O) groups excluding carboxylic acids is 2. The van der Waals surface area contributed by atoms with E-state index >= 15 is 0 Å². The number of nitrogens with zero attached hydrogens (tertiary/aromatic N) is 1. The molecule has 0 radical (unpaired) electrons. The summed E-state index contributed by atoms with van der Waals surface area (Å²) in [5, 5.41) is 0. The first kappa shape index (κ1) is 26.6. The van der Waals surface area contributed by atoms with Crippen molar-refractivity contribution in [3.8, 4) is 5.75 Å². The third-order valence-electron chi connectivity index (χ3n) is 3.48. The maximum atomic E-state index is 13.4. The molecular formula is C19H24F5NO6. The maximum absolute atomic E-state index is 13.4. The Balaban J connectivity index is 2.24. The minimum Gasteiger partial charge on any atom is -0.444 e. The van der Waals surface area contributed by atoms with Gasteiger partial charge < -0.3 is 23.8 Å². The SMILES string of the molecule is CN(CCOCCOCCC(=O)Oc1c(F)c(F)c(F)c(F)c1F)C(=O)OC(C)(C)C. The molecule has 0 spiro atoms. The number of ether oxygens (including phenoxy) is 4. The van der Waals surface area contributed by atoms with Gasteiger partial charge in [0.05, 0.1) is 32.8 Å².